The van der Waals surface area contributed by atoms with Gasteiger partial charge in [0, 0.05) is 6.54 Å². The lowest BCUT2D eigenvalue weighted by Crippen LogP contribution is -2.57. The van der Waals surface area contributed by atoms with Crippen molar-refractivity contribution in [3.05, 3.63) is 0 Å². The summed E-state index contributed by atoms with van der Waals surface area (Å²) >= 11 is 0. The maximum absolute atomic E-state index is 12.5. The Morgan fingerprint density at radius 1 is 1.25 bits per heavy atom. The van der Waals surface area contributed by atoms with E-state index in [0.717, 1.165) is 45.1 Å². The molecule has 2 unspecified atom stereocenters. The number of fused-ring (bicyclic) bond motifs is 1. The highest BCUT2D eigenvalue weighted by Gasteiger charge is 2.73. The zero-order valence-electron chi connectivity index (χ0n) is 12.9. The second-order valence-corrected chi connectivity index (χ2v) is 7.84. The molecule has 0 aromatic rings. The minimum Gasteiger partial charge on any atom is -0.444 e. The van der Waals surface area contributed by atoms with Crippen LogP contribution in [0.2, 0.25) is 0 Å². The molecule has 1 amide bonds. The minimum atomic E-state index is -0.677. The summed E-state index contributed by atoms with van der Waals surface area (Å²) in [5.41, 5.74) is -1.46. The van der Waals surface area contributed by atoms with Gasteiger partial charge in [0.1, 0.15) is 5.60 Å². The number of amides is 1. The zero-order valence-corrected chi connectivity index (χ0v) is 12.9. The monoisotopic (exact) mass is 281 g/mol. The van der Waals surface area contributed by atoms with Gasteiger partial charge in [-0.25, -0.2) is 4.79 Å². The molecule has 2 aliphatic carbocycles. The van der Waals surface area contributed by atoms with Crippen LogP contribution in [0.4, 0.5) is 4.79 Å². The van der Waals surface area contributed by atoms with Gasteiger partial charge in [0.05, 0.1) is 11.1 Å². The van der Waals surface area contributed by atoms with Crippen molar-refractivity contribution in [1.82, 2.24) is 4.90 Å². The number of hydrogen-bond acceptors (Lipinski definition) is 3. The maximum atomic E-state index is 12.5. The van der Waals surface area contributed by atoms with Gasteiger partial charge in [-0.05, 0) is 52.4 Å². The molecular formula is C16H27NO3. The van der Waals surface area contributed by atoms with Crippen LogP contribution in [0.5, 0.6) is 0 Å². The number of hydrogen-bond donors (Lipinski definition) is 1. The van der Waals surface area contributed by atoms with Crippen molar-refractivity contribution in [2.75, 3.05) is 6.54 Å². The minimum absolute atomic E-state index is 0.239. The normalized spacial score (nSPS) is 35.6. The van der Waals surface area contributed by atoms with Crippen LogP contribution >= 0.6 is 0 Å². The topological polar surface area (TPSA) is 49.8 Å². The van der Waals surface area contributed by atoms with Crippen LogP contribution in [0.3, 0.4) is 0 Å². The lowest BCUT2D eigenvalue weighted by molar-refractivity contribution is -0.0832. The van der Waals surface area contributed by atoms with Crippen LogP contribution in [0, 0.1) is 5.92 Å². The predicted molar refractivity (Wildman–Crippen MR) is 76.4 cm³/mol. The van der Waals surface area contributed by atoms with E-state index in [0.29, 0.717) is 5.92 Å². The molecule has 1 heterocycles. The molecule has 2 atom stereocenters. The van der Waals surface area contributed by atoms with Crippen molar-refractivity contribution in [1.29, 1.82) is 0 Å². The van der Waals surface area contributed by atoms with E-state index in [1.54, 1.807) is 0 Å². The smallest absolute Gasteiger partial charge is 0.410 e. The van der Waals surface area contributed by atoms with Crippen LogP contribution in [-0.4, -0.2) is 39.4 Å². The quantitative estimate of drug-likeness (QED) is 0.803. The molecule has 3 fully saturated rings. The third-order valence-corrected chi connectivity index (χ3v) is 5.36. The Morgan fingerprint density at radius 2 is 1.90 bits per heavy atom. The Bertz CT molecular complexity index is 408. The third-order valence-electron chi connectivity index (χ3n) is 5.36. The third kappa shape index (κ3) is 2.03. The number of ether oxygens (including phenoxy) is 1. The first kappa shape index (κ1) is 14.2. The van der Waals surface area contributed by atoms with E-state index in [2.05, 4.69) is 0 Å². The summed E-state index contributed by atoms with van der Waals surface area (Å²) in [5, 5.41) is 11.1. The average molecular weight is 281 g/mol. The van der Waals surface area contributed by atoms with Crippen LogP contribution in [-0.2, 0) is 4.74 Å². The molecule has 0 spiro atoms. The average Bonchev–Trinajstić information content (AvgIpc) is 2.95. The number of carbonyl (C=O) groups excluding carboxylic acids is 1. The molecule has 114 valence electrons. The highest BCUT2D eigenvalue weighted by atomic mass is 16.6. The first-order valence-electron chi connectivity index (χ1n) is 8.02. The van der Waals surface area contributed by atoms with E-state index in [1.807, 2.05) is 25.7 Å². The van der Waals surface area contributed by atoms with Crippen molar-refractivity contribution < 1.29 is 14.6 Å². The summed E-state index contributed by atoms with van der Waals surface area (Å²) in [7, 11) is 0. The van der Waals surface area contributed by atoms with E-state index in [1.165, 1.54) is 6.42 Å². The molecule has 3 aliphatic rings. The Balaban J connectivity index is 1.80. The fourth-order valence-electron chi connectivity index (χ4n) is 4.43. The van der Waals surface area contributed by atoms with Crippen LogP contribution in [0.1, 0.15) is 65.7 Å². The van der Waals surface area contributed by atoms with Gasteiger partial charge in [0.15, 0.2) is 0 Å². The molecule has 0 aromatic carbocycles. The summed E-state index contributed by atoms with van der Waals surface area (Å²) in [6, 6.07) is 0. The Morgan fingerprint density at radius 3 is 2.45 bits per heavy atom. The van der Waals surface area contributed by atoms with Gasteiger partial charge in [0.2, 0.25) is 0 Å². The van der Waals surface area contributed by atoms with Gasteiger partial charge >= 0.3 is 6.09 Å². The Labute approximate surface area is 121 Å². The zero-order chi connectivity index (χ0) is 14.6. The maximum Gasteiger partial charge on any atom is 0.410 e. The fourth-order valence-corrected chi connectivity index (χ4v) is 4.43. The summed E-state index contributed by atoms with van der Waals surface area (Å²) in [4.78, 5) is 14.3. The first-order valence-corrected chi connectivity index (χ1v) is 8.02. The largest absolute Gasteiger partial charge is 0.444 e. The summed E-state index contributed by atoms with van der Waals surface area (Å²) in [5.74, 6) is 0.484. The molecule has 4 heteroatoms. The molecule has 0 radical (unpaired) electrons. The molecular weight excluding hydrogens is 254 g/mol. The molecule has 3 rings (SSSR count). The second kappa shape index (κ2) is 4.36. The predicted octanol–water partition coefficient (Wildman–Crippen LogP) is 3.08. The van der Waals surface area contributed by atoms with E-state index >= 15 is 0 Å². The summed E-state index contributed by atoms with van der Waals surface area (Å²) in [6.07, 6.45) is 6.77. The molecule has 1 saturated heterocycles. The van der Waals surface area contributed by atoms with Crippen molar-refractivity contribution in [3.63, 3.8) is 0 Å². The second-order valence-electron chi connectivity index (χ2n) is 7.84. The van der Waals surface area contributed by atoms with Gasteiger partial charge in [-0.1, -0.05) is 19.3 Å². The number of likely N-dealkylation sites (tertiary alicyclic amines) is 1. The number of carbonyl (C=O) groups is 1. The van der Waals surface area contributed by atoms with Gasteiger partial charge in [-0.2, -0.15) is 0 Å². The fraction of sp³-hybridized carbons (Fsp3) is 0.938. The lowest BCUT2D eigenvalue weighted by atomic mass is 9.76. The van der Waals surface area contributed by atoms with E-state index < -0.39 is 11.2 Å². The molecule has 1 aliphatic heterocycles. The summed E-state index contributed by atoms with van der Waals surface area (Å²) in [6.45, 7) is 6.43. The Hall–Kier alpha value is -0.770. The van der Waals surface area contributed by atoms with E-state index in [4.69, 9.17) is 4.74 Å². The highest BCUT2D eigenvalue weighted by Crippen LogP contribution is 2.64. The van der Waals surface area contributed by atoms with Crippen molar-refractivity contribution in [3.8, 4) is 0 Å². The molecule has 2 saturated carbocycles. The van der Waals surface area contributed by atoms with Crippen molar-refractivity contribution in [2.24, 2.45) is 5.92 Å². The van der Waals surface area contributed by atoms with E-state index in [-0.39, 0.29) is 11.6 Å². The van der Waals surface area contributed by atoms with Crippen LogP contribution in [0.15, 0.2) is 0 Å². The summed E-state index contributed by atoms with van der Waals surface area (Å²) < 4.78 is 5.56. The standard InChI is InChI=1S/C16H27NO3/c1-14(2,3)20-13(18)17-10-7-12-11-16(12,17)15(19)8-5-4-6-9-15/h12,19H,4-11H2,1-3H3. The number of piperidine rings is 1. The first-order chi connectivity index (χ1) is 9.29. The molecule has 20 heavy (non-hydrogen) atoms. The molecule has 0 aromatic heterocycles. The lowest BCUT2D eigenvalue weighted by Gasteiger charge is -2.44. The molecule has 0 bridgehead atoms. The van der Waals surface area contributed by atoms with Gasteiger partial charge < -0.3 is 9.84 Å². The van der Waals surface area contributed by atoms with Gasteiger partial charge in [0.25, 0.3) is 0 Å². The van der Waals surface area contributed by atoms with E-state index in [9.17, 15) is 9.90 Å². The number of nitrogens with zero attached hydrogens (tertiary/aromatic N) is 1. The van der Waals surface area contributed by atoms with Crippen LogP contribution in [0.25, 0.3) is 0 Å². The van der Waals surface area contributed by atoms with Gasteiger partial charge in [-0.15, -0.1) is 0 Å². The van der Waals surface area contributed by atoms with Crippen molar-refractivity contribution in [2.45, 2.75) is 82.5 Å². The highest BCUT2D eigenvalue weighted by molar-refractivity contribution is 5.71. The SMILES string of the molecule is CC(C)(C)OC(=O)N1CCC2CC21C1(O)CCCCC1. The molecule has 1 N–H and O–H groups in total. The molecule has 4 nitrogen and oxygen atoms in total. The Kier molecular flexibility index (Phi) is 3.09. The van der Waals surface area contributed by atoms with Crippen LogP contribution < -0.4 is 0 Å². The van der Waals surface area contributed by atoms with Crippen molar-refractivity contribution >= 4 is 6.09 Å². The van der Waals surface area contributed by atoms with Gasteiger partial charge in [-0.3, -0.25) is 4.90 Å². The number of rotatable bonds is 1. The number of aliphatic hydroxyl groups is 1.